The van der Waals surface area contributed by atoms with Gasteiger partial charge in [0, 0.05) is 99.7 Å². The van der Waals surface area contributed by atoms with Gasteiger partial charge in [-0.3, -0.25) is 24.0 Å². The molecular weight excluding hydrogens is 1710 g/mol. The third-order valence-electron chi connectivity index (χ3n) is 21.4. The van der Waals surface area contributed by atoms with E-state index in [1.54, 1.807) is 25.3 Å². The summed E-state index contributed by atoms with van der Waals surface area (Å²) in [5, 5.41) is 31.3. The van der Waals surface area contributed by atoms with Crippen LogP contribution in [0.15, 0.2) is 144 Å². The Balaban J connectivity index is 0.000000152. The van der Waals surface area contributed by atoms with Crippen LogP contribution in [-0.4, -0.2) is 110 Å². The van der Waals surface area contributed by atoms with Gasteiger partial charge in [-0.25, -0.2) is 29.7 Å². The van der Waals surface area contributed by atoms with Crippen LogP contribution in [0.25, 0.3) is 143 Å². The summed E-state index contributed by atoms with van der Waals surface area (Å²) in [6.45, 7) is 38.2. The van der Waals surface area contributed by atoms with Crippen molar-refractivity contribution < 1.29 is 50.8 Å². The monoisotopic (exact) mass is 1810 g/mol. The zero-order valence-electron chi connectivity index (χ0n) is 70.8. The molecule has 0 aliphatic carbocycles. The van der Waals surface area contributed by atoms with E-state index < -0.39 is 51.6 Å². The third kappa shape index (κ3) is 18.9. The maximum Gasteiger partial charge on any atom is 0.497 e. The van der Waals surface area contributed by atoms with Crippen LogP contribution in [0.4, 0.5) is 14.9 Å². The molecule has 0 amide bonds. The molecule has 35 heteroatoms. The van der Waals surface area contributed by atoms with Gasteiger partial charge in [0.05, 0.1) is 66.3 Å². The molecule has 1 aliphatic rings. The average Bonchev–Trinajstić information content (AvgIpc) is 1.60. The number of para-hydroxylation sites is 2. The maximum atomic E-state index is 13.2. The summed E-state index contributed by atoms with van der Waals surface area (Å²) >= 11 is 20.1. The highest BCUT2D eigenvalue weighted by Crippen LogP contribution is 2.61. The maximum absolute atomic E-state index is 13.2. The number of aromatic nitrogens is 15. The number of nitro benzene ring substituents is 1. The number of nitrogens with one attached hydrogen (secondary N) is 5. The summed E-state index contributed by atoms with van der Waals surface area (Å²) in [6.07, 6.45) is -0.394. The summed E-state index contributed by atoms with van der Waals surface area (Å²) in [5.41, 5.74) is 20.2. The van der Waals surface area contributed by atoms with Gasteiger partial charge in [-0.1, -0.05) is 133 Å². The second-order valence-corrected chi connectivity index (χ2v) is 38.9. The highest BCUT2D eigenvalue weighted by Gasteiger charge is 2.53. The summed E-state index contributed by atoms with van der Waals surface area (Å²) in [4.78, 5) is 73.8. The van der Waals surface area contributed by atoms with Gasteiger partial charge in [-0.2, -0.15) is 4.39 Å². The van der Waals surface area contributed by atoms with Crippen molar-refractivity contribution in [3.8, 4) is 55.8 Å². The fourth-order valence-electron chi connectivity index (χ4n) is 15.5. The fraction of sp³-hybridized carbons (Fsp3) is 0.286. The molecule has 656 valence electrons. The Bertz CT molecular complexity index is 7240. The molecule has 6 aromatic carbocycles. The smallest absolute Gasteiger partial charge is 0.443 e. The van der Waals surface area contributed by atoms with E-state index in [9.17, 15) is 28.7 Å². The first kappa shape index (κ1) is 94.5. The molecule has 0 radical (unpaired) electrons. The number of rotatable bonds is 7. The van der Waals surface area contributed by atoms with Crippen LogP contribution in [0, 0.1) is 106 Å². The molecule has 1 fully saturated rings. The van der Waals surface area contributed by atoms with Crippen LogP contribution in [0.3, 0.4) is 0 Å². The zero-order valence-corrected chi connectivity index (χ0v) is 74.7. The van der Waals surface area contributed by atoms with Gasteiger partial charge in [-0.05, 0) is 231 Å². The van der Waals surface area contributed by atoms with Crippen molar-refractivity contribution in [2.75, 3.05) is 0 Å². The predicted octanol–water partition coefficient (Wildman–Crippen LogP) is 25.2. The van der Waals surface area contributed by atoms with Gasteiger partial charge in [0.15, 0.2) is 0 Å². The van der Waals surface area contributed by atoms with Gasteiger partial charge >= 0.3 is 24.1 Å². The van der Waals surface area contributed by atoms with Crippen molar-refractivity contribution in [2.24, 2.45) is 0 Å². The van der Waals surface area contributed by atoms with Crippen molar-refractivity contribution in [3.05, 3.63) is 227 Å². The predicted molar refractivity (Wildman–Crippen MR) is 501 cm³/mol. The molecule has 19 rings (SSSR count). The van der Waals surface area contributed by atoms with Gasteiger partial charge in [0.1, 0.15) is 68.2 Å². The molecule has 0 unspecified atom stereocenters. The van der Waals surface area contributed by atoms with Gasteiger partial charge < -0.3 is 57.1 Å². The highest BCUT2D eigenvalue weighted by atomic mass is 36.0. The number of hydrogen-bond acceptors (Lipinski definition) is 21. The molecular formula is C91H97BCl4FN16O12P. The Labute approximate surface area is 744 Å². The van der Waals surface area contributed by atoms with E-state index in [-0.39, 0.29) is 27.8 Å². The Hall–Kier alpha value is -12.1. The molecule has 126 heavy (non-hydrogen) atoms. The van der Waals surface area contributed by atoms with Gasteiger partial charge in [0.2, 0.25) is 5.82 Å². The first-order valence-electron chi connectivity index (χ1n) is 38.8. The molecule has 12 aromatic heterocycles. The third-order valence-corrected chi connectivity index (χ3v) is 21.7. The number of nitro groups is 1. The number of H-pyrrole nitrogens is 5. The summed E-state index contributed by atoms with van der Waals surface area (Å²) < 4.78 is 63.2. The number of fused-ring (bicyclic) bond motifs is 11. The number of benzene rings is 6. The van der Waals surface area contributed by atoms with E-state index in [0.717, 1.165) is 179 Å². The van der Waals surface area contributed by atoms with Crippen molar-refractivity contribution in [1.82, 2.24) is 75.0 Å². The second-order valence-electron chi connectivity index (χ2n) is 31.9. The van der Waals surface area contributed by atoms with E-state index in [4.69, 9.17) is 53.7 Å². The number of ether oxygens (including phenoxy) is 1. The Morgan fingerprint density at radius 3 is 1.37 bits per heavy atom. The lowest BCUT2D eigenvalue weighted by Crippen LogP contribution is -2.41. The molecule has 28 nitrogen and oxygen atoms in total. The molecule has 0 spiro atoms. The topological polar surface area (TPSA) is 374 Å². The molecule has 5 N–H and O–H groups in total. The number of aromatic amines is 5. The first-order chi connectivity index (χ1) is 57.9. The Kier molecular flexibility index (Phi) is 27.3. The number of hydrogen-bond donors (Lipinski definition) is 5. The van der Waals surface area contributed by atoms with E-state index in [0.29, 0.717) is 50.4 Å². The van der Waals surface area contributed by atoms with Crippen molar-refractivity contribution in [3.63, 3.8) is 0 Å². The Morgan fingerprint density at radius 1 is 0.516 bits per heavy atom. The number of halogens is 5. The average molecular weight is 1810 g/mol. The lowest BCUT2D eigenvalue weighted by Gasteiger charge is -2.32. The summed E-state index contributed by atoms with van der Waals surface area (Å²) in [5.74, 6) is 4.07. The summed E-state index contributed by atoms with van der Waals surface area (Å²) in [6, 6.07) is 38.3. The second kappa shape index (κ2) is 36.4. The number of carbonyl (C=O) groups excluding carboxylic acids is 1. The van der Waals surface area contributed by atoms with Crippen LogP contribution < -0.4 is 11.0 Å². The van der Waals surface area contributed by atoms with Crippen LogP contribution in [0.5, 0.6) is 0 Å². The molecule has 1 aliphatic heterocycles. The van der Waals surface area contributed by atoms with Crippen LogP contribution >= 0.6 is 50.5 Å². The molecule has 0 atom stereocenters. The lowest BCUT2D eigenvalue weighted by molar-refractivity contribution is -0.387. The molecule has 18 aromatic rings. The van der Waals surface area contributed by atoms with Crippen LogP contribution in [-0.2, 0) is 18.6 Å². The fourth-order valence-corrected chi connectivity index (χ4v) is 15.8. The minimum atomic E-state index is -3.22. The van der Waals surface area contributed by atoms with Crippen LogP contribution in [0.1, 0.15) is 145 Å². The highest BCUT2D eigenvalue weighted by molar-refractivity contribution is 8.24. The summed E-state index contributed by atoms with van der Waals surface area (Å²) in [7, 11) is -0.534. The lowest BCUT2D eigenvalue weighted by atomic mass is 9.77. The van der Waals surface area contributed by atoms with Gasteiger partial charge in [0.25, 0.3) is 5.56 Å². The minimum absolute atomic E-state index is 0. The largest absolute Gasteiger partial charge is 0.497 e. The minimum Gasteiger partial charge on any atom is -0.443 e. The van der Waals surface area contributed by atoms with E-state index in [2.05, 4.69) is 144 Å². The van der Waals surface area contributed by atoms with Gasteiger partial charge in [-0.15, -0.1) is 0 Å². The van der Waals surface area contributed by atoms with E-state index in [1.807, 2.05) is 171 Å². The molecule has 0 saturated carbocycles. The first-order valence-corrected chi connectivity index (χ1v) is 43.6. The molecule has 0 bridgehead atoms. The number of nitrogens with zero attached hydrogens (tertiary/aromatic N) is 11. The molecule has 13 heterocycles. The Morgan fingerprint density at radius 2 is 0.921 bits per heavy atom. The SMILES string of the molecule is C.C.C.Cc1c(B2OC(C)(C)C(C)(C)O2)c2ccccc2n1C(=O)OC(C)(C)C.Cc1nc(-c2c(C)[nH]c3ccccc23)c2c(n1)[nH]c1cc(-c3c(C)noc3C)ccc12.Cc1nc(Cl)c2c(n1)[nH]c1cc(-c3c(C)noc3C)ccc12.Cc1nc2[nH]c3cc(-c4c(C)noc4C)ccc3c2c(=O)[nH]1.Cc1noc(C)c1-c1ccc(F)c([N+](=O)[O-])c1.O=P(Cl)(Cl)Cl. The van der Waals surface area contributed by atoms with Crippen LogP contribution in [0.2, 0.25) is 5.15 Å². The normalized spacial score (nSPS) is 12.8. The van der Waals surface area contributed by atoms with Crippen molar-refractivity contribution >= 4 is 163 Å². The van der Waals surface area contributed by atoms with E-state index >= 15 is 0 Å². The van der Waals surface area contributed by atoms with Crippen molar-refractivity contribution in [2.45, 2.75) is 178 Å². The number of carbonyl (C=O) groups is 1. The quantitative estimate of drug-likeness (QED) is 0.0325. The number of aryl methyl sites for hydroxylation is 12. The molecule has 1 saturated heterocycles. The standard InChI is InChI=1S/C25H21N5O.C20H28BNO4.C16H13ClN4O.C16H14N4O2.C11H9FN2O3.3CH4.Cl3OP/c1-12-22(17-7-5-6-8-19(17)26-12)24-23-18-10-9-16(21-13(2)30-31-14(21)3)11-20(18)29-25(23)28-15(4)27-24;1-13-16(21-25-19(5,6)20(7,8)26-21)14-11-9-10-12-15(14)22(13)17(23)24-18(2,3)4;1-7-13(8(2)22-21-7)10-4-5-11-12(6-10)20-16-14(11)15(17)18-9(3)19-16;1-7-13(8(2)22-20-7)10-4-5-11-12(6-10)19-15-14(11)16(21)18-9(3)17-15;1-6-11(7(2)17-13-6)8-3-4-9(12)10(5-8)14(15)16;;;;1-5(2,3)4/h5-11,26H,1-4H3,(H,27,28,29);9-12H,1-8H3;4-6H,1-3H3,(H,18,19,20);4-6H,1-3H3,(H2,17,18,19,21);3-5H,1-2H3;3*1H4;. The van der Waals surface area contributed by atoms with Crippen molar-refractivity contribution in [1.29, 1.82) is 0 Å². The zero-order chi connectivity index (χ0) is 88.7. The van der Waals surface area contributed by atoms with E-state index in [1.165, 1.54) is 17.5 Å².